The van der Waals surface area contributed by atoms with Gasteiger partial charge >= 0.3 is 5.97 Å². The molecule has 0 amide bonds. The van der Waals surface area contributed by atoms with Gasteiger partial charge in [-0.25, -0.2) is 0 Å². The Labute approximate surface area is 104 Å². The minimum atomic E-state index is -0.0244. The second kappa shape index (κ2) is 5.07. The first-order valence-corrected chi connectivity index (χ1v) is 6.64. The molecule has 0 heterocycles. The second-order valence-electron chi connectivity index (χ2n) is 5.46. The SMILES string of the molecule is C=CCOC(=O)[C@@H]1[C@H](C)C=CCC12CCCC2. The standard InChI is InChI=1S/C15H22O2/c1-3-11-17-14(16)13-12(2)7-6-10-15(13)8-4-5-9-15/h3,6-7,12-13H,1,4-5,8-11H2,2H3/t12-,13+/m1/s1. The molecule has 2 rings (SSSR count). The van der Waals surface area contributed by atoms with Crippen molar-refractivity contribution < 1.29 is 9.53 Å². The average Bonchev–Trinajstić information content (AvgIpc) is 2.75. The molecule has 1 saturated carbocycles. The van der Waals surface area contributed by atoms with Gasteiger partial charge in [-0.05, 0) is 30.6 Å². The minimum Gasteiger partial charge on any atom is -0.461 e. The van der Waals surface area contributed by atoms with Crippen molar-refractivity contribution in [3.63, 3.8) is 0 Å². The molecule has 2 heteroatoms. The number of allylic oxidation sites excluding steroid dienone is 2. The van der Waals surface area contributed by atoms with Gasteiger partial charge in [0.15, 0.2) is 0 Å². The molecule has 94 valence electrons. The fraction of sp³-hybridized carbons (Fsp3) is 0.667. The molecular weight excluding hydrogens is 212 g/mol. The minimum absolute atomic E-state index is 0.0244. The molecule has 2 aliphatic carbocycles. The smallest absolute Gasteiger partial charge is 0.310 e. The van der Waals surface area contributed by atoms with E-state index < -0.39 is 0 Å². The summed E-state index contributed by atoms with van der Waals surface area (Å²) in [5.74, 6) is 0.331. The van der Waals surface area contributed by atoms with Crippen LogP contribution in [-0.4, -0.2) is 12.6 Å². The highest BCUT2D eigenvalue weighted by molar-refractivity contribution is 5.74. The van der Waals surface area contributed by atoms with Gasteiger partial charge in [0, 0.05) is 0 Å². The third kappa shape index (κ3) is 2.31. The molecule has 0 aromatic rings. The zero-order valence-corrected chi connectivity index (χ0v) is 10.7. The Bertz CT molecular complexity index is 324. The maximum atomic E-state index is 12.2. The Morgan fingerprint density at radius 2 is 2.24 bits per heavy atom. The molecule has 0 unspecified atom stereocenters. The van der Waals surface area contributed by atoms with Gasteiger partial charge in [-0.1, -0.05) is 44.6 Å². The van der Waals surface area contributed by atoms with Crippen LogP contribution in [0.1, 0.15) is 39.0 Å². The van der Waals surface area contributed by atoms with E-state index in [9.17, 15) is 4.79 Å². The number of rotatable bonds is 3. The molecule has 2 aliphatic rings. The lowest BCUT2D eigenvalue weighted by Gasteiger charge is -2.40. The summed E-state index contributed by atoms with van der Waals surface area (Å²) in [7, 11) is 0. The van der Waals surface area contributed by atoms with E-state index in [4.69, 9.17) is 4.74 Å². The number of carbonyl (C=O) groups is 1. The van der Waals surface area contributed by atoms with Crippen molar-refractivity contribution in [1.29, 1.82) is 0 Å². The van der Waals surface area contributed by atoms with Crippen LogP contribution < -0.4 is 0 Å². The van der Waals surface area contributed by atoms with Gasteiger partial charge in [-0.15, -0.1) is 0 Å². The van der Waals surface area contributed by atoms with E-state index in [-0.39, 0.29) is 17.3 Å². The van der Waals surface area contributed by atoms with E-state index >= 15 is 0 Å². The van der Waals surface area contributed by atoms with Gasteiger partial charge in [0.1, 0.15) is 6.61 Å². The predicted octanol–water partition coefficient (Wildman–Crippen LogP) is 3.49. The predicted molar refractivity (Wildman–Crippen MR) is 68.5 cm³/mol. The topological polar surface area (TPSA) is 26.3 Å². The van der Waals surface area contributed by atoms with Crippen molar-refractivity contribution in [2.45, 2.75) is 39.0 Å². The van der Waals surface area contributed by atoms with Crippen molar-refractivity contribution in [2.24, 2.45) is 17.3 Å². The van der Waals surface area contributed by atoms with Crippen molar-refractivity contribution in [3.05, 3.63) is 24.8 Å². The summed E-state index contributed by atoms with van der Waals surface area (Å²) in [6.07, 6.45) is 12.0. The number of ether oxygens (including phenoxy) is 1. The van der Waals surface area contributed by atoms with Crippen LogP contribution in [0.25, 0.3) is 0 Å². The Morgan fingerprint density at radius 3 is 2.88 bits per heavy atom. The molecule has 2 atom stereocenters. The molecule has 2 nitrogen and oxygen atoms in total. The Morgan fingerprint density at radius 1 is 1.53 bits per heavy atom. The van der Waals surface area contributed by atoms with Crippen LogP contribution in [0, 0.1) is 17.3 Å². The van der Waals surface area contributed by atoms with E-state index in [0.717, 1.165) is 6.42 Å². The van der Waals surface area contributed by atoms with Gasteiger partial charge in [0.05, 0.1) is 5.92 Å². The van der Waals surface area contributed by atoms with Gasteiger partial charge in [0.25, 0.3) is 0 Å². The number of esters is 1. The summed E-state index contributed by atoms with van der Waals surface area (Å²) in [6, 6.07) is 0. The van der Waals surface area contributed by atoms with E-state index in [2.05, 4.69) is 25.7 Å². The number of hydrogen-bond acceptors (Lipinski definition) is 2. The molecule has 17 heavy (non-hydrogen) atoms. The van der Waals surface area contributed by atoms with Gasteiger partial charge < -0.3 is 4.74 Å². The molecule has 0 aliphatic heterocycles. The molecule has 1 fully saturated rings. The summed E-state index contributed by atoms with van der Waals surface area (Å²) in [4.78, 5) is 12.2. The van der Waals surface area contributed by atoms with E-state index in [1.165, 1.54) is 25.7 Å². The largest absolute Gasteiger partial charge is 0.461 e. The van der Waals surface area contributed by atoms with E-state index in [1.807, 2.05) is 0 Å². The number of hydrogen-bond donors (Lipinski definition) is 0. The fourth-order valence-corrected chi connectivity index (χ4v) is 3.60. The van der Waals surface area contributed by atoms with E-state index in [0.29, 0.717) is 12.5 Å². The highest BCUT2D eigenvalue weighted by Crippen LogP contribution is 2.52. The van der Waals surface area contributed by atoms with Crippen LogP contribution in [0.3, 0.4) is 0 Å². The van der Waals surface area contributed by atoms with Crippen LogP contribution in [0.15, 0.2) is 24.8 Å². The van der Waals surface area contributed by atoms with Crippen LogP contribution in [-0.2, 0) is 9.53 Å². The van der Waals surface area contributed by atoms with Gasteiger partial charge in [-0.3, -0.25) is 4.79 Å². The lowest BCUT2D eigenvalue weighted by atomic mass is 9.64. The molecule has 0 bridgehead atoms. The summed E-state index contributed by atoms with van der Waals surface area (Å²) in [6.45, 7) is 6.06. The zero-order valence-electron chi connectivity index (χ0n) is 10.7. The van der Waals surface area contributed by atoms with Crippen molar-refractivity contribution >= 4 is 5.97 Å². The highest BCUT2D eigenvalue weighted by Gasteiger charge is 2.48. The Balaban J connectivity index is 2.17. The molecule has 1 spiro atoms. The maximum absolute atomic E-state index is 12.2. The molecule has 0 saturated heterocycles. The third-order valence-electron chi connectivity index (χ3n) is 4.35. The molecule has 0 N–H and O–H groups in total. The van der Waals surface area contributed by atoms with Crippen LogP contribution >= 0.6 is 0 Å². The highest BCUT2D eigenvalue weighted by atomic mass is 16.5. The lowest BCUT2D eigenvalue weighted by molar-refractivity contribution is -0.154. The maximum Gasteiger partial charge on any atom is 0.310 e. The molecule has 0 aromatic carbocycles. The molecule has 0 aromatic heterocycles. The van der Waals surface area contributed by atoms with Gasteiger partial charge in [0.2, 0.25) is 0 Å². The average molecular weight is 234 g/mol. The van der Waals surface area contributed by atoms with Crippen LogP contribution in [0.5, 0.6) is 0 Å². The first kappa shape index (κ1) is 12.4. The summed E-state index contributed by atoms with van der Waals surface area (Å²) in [5, 5.41) is 0. The first-order chi connectivity index (χ1) is 8.19. The fourth-order valence-electron chi connectivity index (χ4n) is 3.60. The van der Waals surface area contributed by atoms with Gasteiger partial charge in [-0.2, -0.15) is 0 Å². The van der Waals surface area contributed by atoms with E-state index in [1.54, 1.807) is 6.08 Å². The van der Waals surface area contributed by atoms with Crippen molar-refractivity contribution in [3.8, 4) is 0 Å². The molecule has 0 radical (unpaired) electrons. The molecular formula is C15H22O2. The second-order valence-corrected chi connectivity index (χ2v) is 5.46. The normalized spacial score (nSPS) is 30.4. The monoisotopic (exact) mass is 234 g/mol. The third-order valence-corrected chi connectivity index (χ3v) is 4.35. The van der Waals surface area contributed by atoms with Crippen molar-refractivity contribution in [2.75, 3.05) is 6.61 Å². The zero-order chi connectivity index (χ0) is 12.3. The summed E-state index contributed by atoms with van der Waals surface area (Å²) in [5.41, 5.74) is 0.187. The Hall–Kier alpha value is -1.05. The van der Waals surface area contributed by atoms with Crippen LogP contribution in [0.2, 0.25) is 0 Å². The van der Waals surface area contributed by atoms with Crippen molar-refractivity contribution in [1.82, 2.24) is 0 Å². The summed E-state index contributed by atoms with van der Waals surface area (Å²) < 4.78 is 5.30. The first-order valence-electron chi connectivity index (χ1n) is 6.64. The summed E-state index contributed by atoms with van der Waals surface area (Å²) >= 11 is 0. The Kier molecular flexibility index (Phi) is 3.70. The lowest BCUT2D eigenvalue weighted by Crippen LogP contribution is -2.40. The quantitative estimate of drug-likeness (QED) is 0.552. The number of carbonyl (C=O) groups excluding carboxylic acids is 1. The van der Waals surface area contributed by atoms with Crippen LogP contribution in [0.4, 0.5) is 0 Å².